The minimum atomic E-state index is 0.128. The Morgan fingerprint density at radius 1 is 1.31 bits per heavy atom. The summed E-state index contributed by atoms with van der Waals surface area (Å²) in [4.78, 5) is 16.0. The first kappa shape index (κ1) is 16.5. The molecule has 3 aromatic rings. The highest BCUT2D eigenvalue weighted by Crippen LogP contribution is 2.26. The van der Waals surface area contributed by atoms with Crippen molar-refractivity contribution < 1.29 is 9.90 Å². The number of aromatic hydroxyl groups is 1. The lowest BCUT2D eigenvalue weighted by Gasteiger charge is -2.13. The van der Waals surface area contributed by atoms with Crippen LogP contribution in [0.2, 0.25) is 0 Å². The Kier molecular flexibility index (Phi) is 4.30. The molecule has 1 aliphatic heterocycles. The van der Waals surface area contributed by atoms with E-state index in [0.717, 1.165) is 40.9 Å². The number of nitrogens with one attached hydrogen (secondary N) is 3. The van der Waals surface area contributed by atoms with E-state index >= 15 is 0 Å². The molecular formula is C19H21N5O2. The van der Waals surface area contributed by atoms with Crippen LogP contribution < -0.4 is 10.6 Å². The first-order valence-electron chi connectivity index (χ1n) is 8.74. The molecule has 134 valence electrons. The zero-order valence-corrected chi connectivity index (χ0v) is 14.5. The molecular weight excluding hydrogens is 330 g/mol. The van der Waals surface area contributed by atoms with Crippen molar-refractivity contribution >= 4 is 16.9 Å². The van der Waals surface area contributed by atoms with E-state index in [4.69, 9.17) is 0 Å². The van der Waals surface area contributed by atoms with Crippen molar-refractivity contribution in [3.8, 4) is 17.0 Å². The van der Waals surface area contributed by atoms with Crippen molar-refractivity contribution in [1.82, 2.24) is 25.8 Å². The van der Waals surface area contributed by atoms with E-state index in [1.165, 1.54) is 0 Å². The van der Waals surface area contributed by atoms with Crippen LogP contribution in [0.3, 0.4) is 0 Å². The molecule has 1 aliphatic rings. The molecule has 0 saturated carbocycles. The number of fused-ring (bicyclic) bond motifs is 1. The van der Waals surface area contributed by atoms with Gasteiger partial charge >= 0.3 is 0 Å². The number of hydrogen-bond acceptors (Lipinski definition) is 5. The molecule has 1 fully saturated rings. The fourth-order valence-electron chi connectivity index (χ4n) is 3.40. The number of aromatic amines is 1. The van der Waals surface area contributed by atoms with Gasteiger partial charge in [-0.1, -0.05) is 0 Å². The van der Waals surface area contributed by atoms with E-state index in [1.54, 1.807) is 12.1 Å². The summed E-state index contributed by atoms with van der Waals surface area (Å²) < 4.78 is 0. The van der Waals surface area contributed by atoms with Gasteiger partial charge in [-0.15, -0.1) is 0 Å². The second-order valence-corrected chi connectivity index (χ2v) is 6.69. The molecule has 1 aromatic carbocycles. The Morgan fingerprint density at radius 2 is 2.12 bits per heavy atom. The van der Waals surface area contributed by atoms with Gasteiger partial charge in [0.1, 0.15) is 5.75 Å². The third-order valence-corrected chi connectivity index (χ3v) is 4.74. The highest BCUT2D eigenvalue weighted by Gasteiger charge is 2.20. The molecule has 1 saturated heterocycles. The maximum atomic E-state index is 11.3. The van der Waals surface area contributed by atoms with Gasteiger partial charge in [0, 0.05) is 42.2 Å². The van der Waals surface area contributed by atoms with Crippen LogP contribution >= 0.6 is 0 Å². The largest absolute Gasteiger partial charge is 0.508 e. The summed E-state index contributed by atoms with van der Waals surface area (Å²) >= 11 is 0. The predicted molar refractivity (Wildman–Crippen MR) is 98.6 cm³/mol. The molecule has 4 N–H and O–H groups in total. The molecule has 0 radical (unpaired) electrons. The van der Waals surface area contributed by atoms with Crippen LogP contribution in [-0.4, -0.2) is 38.8 Å². The number of nitrogens with zero attached hydrogens (tertiary/aromatic N) is 2. The number of amides is 1. The monoisotopic (exact) mass is 351 g/mol. The van der Waals surface area contributed by atoms with Crippen LogP contribution in [0.1, 0.15) is 24.1 Å². The smallest absolute Gasteiger partial charge is 0.220 e. The first-order valence-corrected chi connectivity index (χ1v) is 8.74. The highest BCUT2D eigenvalue weighted by atomic mass is 16.3. The number of H-pyrrole nitrogens is 1. The number of pyridine rings is 1. The van der Waals surface area contributed by atoms with Gasteiger partial charge in [0.05, 0.1) is 5.69 Å². The third-order valence-electron chi connectivity index (χ3n) is 4.74. The molecule has 7 nitrogen and oxygen atoms in total. The quantitative estimate of drug-likeness (QED) is 0.563. The molecule has 2 aromatic heterocycles. The minimum absolute atomic E-state index is 0.128. The summed E-state index contributed by atoms with van der Waals surface area (Å²) in [6, 6.07) is 9.23. The summed E-state index contributed by atoms with van der Waals surface area (Å²) in [7, 11) is 0. The molecule has 0 spiro atoms. The predicted octanol–water partition coefficient (Wildman–Crippen LogP) is 2.01. The summed E-state index contributed by atoms with van der Waals surface area (Å²) in [6.07, 6.45) is 1.48. The number of benzene rings is 1. The fraction of sp³-hybridized carbons (Fsp3) is 0.316. The van der Waals surface area contributed by atoms with Crippen molar-refractivity contribution in [2.75, 3.05) is 6.54 Å². The minimum Gasteiger partial charge on any atom is -0.508 e. The molecule has 4 rings (SSSR count). The molecule has 0 aliphatic carbocycles. The summed E-state index contributed by atoms with van der Waals surface area (Å²) in [5.41, 5.74) is 4.51. The van der Waals surface area contributed by atoms with Crippen LogP contribution in [0.15, 0.2) is 30.3 Å². The number of aromatic nitrogens is 3. The van der Waals surface area contributed by atoms with E-state index in [1.807, 2.05) is 19.1 Å². The Labute approximate surface area is 150 Å². The Hall–Kier alpha value is -2.93. The van der Waals surface area contributed by atoms with Crippen LogP contribution in [0.5, 0.6) is 5.75 Å². The number of carbonyl (C=O) groups is 1. The number of carbonyl (C=O) groups excluding carboxylic acids is 1. The Balaban J connectivity index is 1.60. The lowest BCUT2D eigenvalue weighted by atomic mass is 10.1. The van der Waals surface area contributed by atoms with Gasteiger partial charge in [-0.3, -0.25) is 9.89 Å². The molecule has 0 bridgehead atoms. The summed E-state index contributed by atoms with van der Waals surface area (Å²) in [5.74, 6) is 0.356. The van der Waals surface area contributed by atoms with E-state index in [-0.39, 0.29) is 17.7 Å². The lowest BCUT2D eigenvalue weighted by molar-refractivity contribution is -0.119. The van der Waals surface area contributed by atoms with Crippen LogP contribution in [0.25, 0.3) is 22.3 Å². The fourth-order valence-corrected chi connectivity index (χ4v) is 3.40. The molecule has 1 amide bonds. The lowest BCUT2D eigenvalue weighted by Crippen LogP contribution is -2.35. The van der Waals surface area contributed by atoms with Crippen LogP contribution in [-0.2, 0) is 11.3 Å². The van der Waals surface area contributed by atoms with Crippen molar-refractivity contribution in [3.63, 3.8) is 0 Å². The van der Waals surface area contributed by atoms with Crippen LogP contribution in [0, 0.1) is 6.92 Å². The zero-order chi connectivity index (χ0) is 18.1. The van der Waals surface area contributed by atoms with Gasteiger partial charge in [-0.2, -0.15) is 5.10 Å². The molecule has 3 heterocycles. The van der Waals surface area contributed by atoms with Crippen molar-refractivity contribution in [3.05, 3.63) is 41.6 Å². The SMILES string of the molecule is Cc1[nH]nc2nc(-c3ccc(O)cc3)cc(CNCC3CCC(=O)N3)c12. The number of rotatable bonds is 5. The summed E-state index contributed by atoms with van der Waals surface area (Å²) in [5, 5.41) is 24.2. The second kappa shape index (κ2) is 6.76. The second-order valence-electron chi connectivity index (χ2n) is 6.69. The maximum absolute atomic E-state index is 11.3. The first-order chi connectivity index (χ1) is 12.6. The number of hydrogen-bond donors (Lipinski definition) is 4. The number of phenolic OH excluding ortho intramolecular Hbond substituents is 1. The van der Waals surface area contributed by atoms with Gasteiger partial charge < -0.3 is 15.7 Å². The average molecular weight is 351 g/mol. The zero-order valence-electron chi connectivity index (χ0n) is 14.5. The molecule has 1 atom stereocenters. The van der Waals surface area contributed by atoms with Gasteiger partial charge in [-0.05, 0) is 49.2 Å². The molecule has 1 unspecified atom stereocenters. The van der Waals surface area contributed by atoms with E-state index in [2.05, 4.69) is 31.9 Å². The highest BCUT2D eigenvalue weighted by molar-refractivity contribution is 5.84. The maximum Gasteiger partial charge on any atom is 0.220 e. The molecule has 26 heavy (non-hydrogen) atoms. The number of aryl methyl sites for hydroxylation is 1. The third kappa shape index (κ3) is 3.25. The van der Waals surface area contributed by atoms with Gasteiger partial charge in [0.25, 0.3) is 0 Å². The van der Waals surface area contributed by atoms with Crippen molar-refractivity contribution in [2.24, 2.45) is 0 Å². The van der Waals surface area contributed by atoms with Crippen molar-refractivity contribution in [2.45, 2.75) is 32.4 Å². The average Bonchev–Trinajstić information content (AvgIpc) is 3.21. The van der Waals surface area contributed by atoms with Crippen molar-refractivity contribution in [1.29, 1.82) is 0 Å². The number of phenols is 1. The van der Waals surface area contributed by atoms with E-state index in [0.29, 0.717) is 18.6 Å². The van der Waals surface area contributed by atoms with E-state index < -0.39 is 0 Å². The van der Waals surface area contributed by atoms with Gasteiger partial charge in [-0.25, -0.2) is 4.98 Å². The topological polar surface area (TPSA) is 103 Å². The van der Waals surface area contributed by atoms with Gasteiger partial charge in [0.15, 0.2) is 5.65 Å². The Morgan fingerprint density at radius 3 is 2.85 bits per heavy atom. The Bertz CT molecular complexity index is 948. The molecule has 7 heteroatoms. The van der Waals surface area contributed by atoms with Crippen LogP contribution in [0.4, 0.5) is 0 Å². The standard InChI is InChI=1S/C19H21N5O2/c1-11-18-13(9-20-10-14-4-7-17(26)21-14)8-16(22-19(18)24-23-11)12-2-5-15(25)6-3-12/h2-3,5-6,8,14,20,25H,4,7,9-10H2,1H3,(H,21,26)(H,22,23,24). The normalized spacial score (nSPS) is 17.0. The van der Waals surface area contributed by atoms with Gasteiger partial charge in [0.2, 0.25) is 5.91 Å². The van der Waals surface area contributed by atoms with E-state index in [9.17, 15) is 9.90 Å². The summed E-state index contributed by atoms with van der Waals surface area (Å²) in [6.45, 7) is 3.38.